The molecule has 23 N–H and O–H groups in total. The highest BCUT2D eigenvalue weighted by atomic mass is 35.5. The van der Waals surface area contributed by atoms with Gasteiger partial charge in [0.15, 0.2) is 36.2 Å². The number of carboxylic acids is 1. The summed E-state index contributed by atoms with van der Waals surface area (Å²) >= 11 is 14.7. The van der Waals surface area contributed by atoms with E-state index < -0.39 is 261 Å². The molecule has 7 aromatic rings. The number of aliphatic hydroxyl groups is 6. The first-order chi connectivity index (χ1) is 59.2. The van der Waals surface area contributed by atoms with Crippen molar-refractivity contribution in [3.8, 4) is 74.0 Å². The van der Waals surface area contributed by atoms with Crippen LogP contribution in [0.25, 0.3) is 22.3 Å². The number of primary amides is 1. The standard InChI is InChI=1S/C86H98Cl2N10O27/c1-35(2)22-51(91-7)77(110)97-67-69(105)42-15-20-55(49(87)24-42)120-57-26-44-27-58(73(57)125-84-74(71(107)70(106)59(34-99)122-84)124-62-32-86(6,76(109)37(4)119-62)92-33-38-8-10-39(11-9-38)40-12-17-45(100)18-13-40)121-56-21-16-43(25-50(56)88)72(123-61-31-85(5,90)75(108)36(3)118-61)68-82(115)96-66(83(116)117)48-28-46(101)29-54(103)63(48)47-23-41(14-19-53(47)102)64(79(112)98-68)95-80(113)65(44)94-78(111)52(30-60(89)104)93-81(67)114/h8-21,23-29,35-37,51-52,59,61-62,64-72,74-76,84,91-92,99-103,105-109H,22,30-34,90H2,1-7H3,(H2,89,104)(H,93,114)(H,94,111)(H,95,113)(H,96,115)(H,97,110)(H,98,112)(H,116,117)/t36-,37-,51+,52-,59+,61-,62-,64+,65+,66-,67+,68-,69+,70+,71-,72+,74+,75-,76-,84-,85-,86-/m0/s1. The average molecular weight is 1770 g/mol. The minimum absolute atomic E-state index is 0.0958. The van der Waals surface area contributed by atoms with Crippen molar-refractivity contribution < 1.29 is 132 Å². The van der Waals surface area contributed by atoms with Gasteiger partial charge in [-0.05, 0) is 153 Å². The van der Waals surface area contributed by atoms with Gasteiger partial charge in [-0.15, -0.1) is 0 Å². The Morgan fingerprint density at radius 3 is 1.82 bits per heavy atom. The lowest BCUT2D eigenvalue weighted by Gasteiger charge is -2.48. The molecule has 0 radical (unpaired) electrons. The van der Waals surface area contributed by atoms with Gasteiger partial charge in [-0.2, -0.15) is 0 Å². The number of halogens is 2. The van der Waals surface area contributed by atoms with Gasteiger partial charge in [0.25, 0.3) is 0 Å². The van der Waals surface area contributed by atoms with Crippen LogP contribution >= 0.6 is 23.2 Å². The van der Waals surface area contributed by atoms with Crippen LogP contribution in [0.5, 0.6) is 51.7 Å². The lowest BCUT2D eigenvalue weighted by Crippen LogP contribution is -2.65. The van der Waals surface area contributed by atoms with Crippen LogP contribution < -0.4 is 68.2 Å². The number of carbonyl (C=O) groups excluding carboxylic acids is 7. The molecule has 15 rings (SSSR count). The Morgan fingerprint density at radius 2 is 1.22 bits per heavy atom. The lowest BCUT2D eigenvalue weighted by atomic mass is 9.84. The number of hydrogen-bond donors (Lipinski definition) is 21. The molecule has 668 valence electrons. The summed E-state index contributed by atoms with van der Waals surface area (Å²) in [5.74, 6) is -16.1. The Labute approximate surface area is 724 Å². The second kappa shape index (κ2) is 37.6. The fourth-order valence-electron chi connectivity index (χ4n) is 16.2. The number of amides is 7. The summed E-state index contributed by atoms with van der Waals surface area (Å²) in [6.07, 6.45) is -23.1. The largest absolute Gasteiger partial charge is 0.508 e. The Kier molecular flexibility index (Phi) is 27.6. The normalized spacial score (nSPS) is 29.7. The molecule has 39 heteroatoms. The van der Waals surface area contributed by atoms with Gasteiger partial charge < -0.3 is 148 Å². The van der Waals surface area contributed by atoms with Gasteiger partial charge in [0.1, 0.15) is 95.2 Å². The number of aliphatic hydroxyl groups excluding tert-OH is 6. The predicted molar refractivity (Wildman–Crippen MR) is 442 cm³/mol. The molecular weight excluding hydrogens is 1680 g/mol. The number of nitrogens with two attached hydrogens (primary N) is 2. The Hall–Kier alpha value is -11.1. The monoisotopic (exact) mass is 1770 g/mol. The minimum atomic E-state index is -2.40. The van der Waals surface area contributed by atoms with Crippen molar-refractivity contribution in [2.24, 2.45) is 17.4 Å². The molecule has 7 aromatic carbocycles. The molecule has 11 bridgehead atoms. The number of rotatable bonds is 19. The number of likely N-dealkylation sites (N-methyl/N-ethyl adjacent to an activating group) is 1. The van der Waals surface area contributed by atoms with E-state index in [1.165, 1.54) is 51.2 Å². The highest BCUT2D eigenvalue weighted by Crippen LogP contribution is 2.51. The number of carbonyl (C=O) groups is 8. The van der Waals surface area contributed by atoms with Crippen LogP contribution in [0.15, 0.2) is 127 Å². The molecule has 3 fully saturated rings. The molecular formula is C86H98Cl2N10O27. The van der Waals surface area contributed by atoms with E-state index in [-0.39, 0.29) is 64.9 Å². The predicted octanol–water partition coefficient (Wildman–Crippen LogP) is 3.55. The van der Waals surface area contributed by atoms with Gasteiger partial charge in [-0.1, -0.05) is 91.6 Å². The fraction of sp³-hybridized carbons (Fsp3) is 0.419. The van der Waals surface area contributed by atoms with E-state index in [9.17, 15) is 70.6 Å². The molecule has 0 unspecified atom stereocenters. The van der Waals surface area contributed by atoms with Gasteiger partial charge in [0.2, 0.25) is 53.4 Å². The van der Waals surface area contributed by atoms with Crippen LogP contribution in [0.3, 0.4) is 0 Å². The number of carboxylic acid groups (broad SMARTS) is 1. The maximum absolute atomic E-state index is 16.6. The van der Waals surface area contributed by atoms with Gasteiger partial charge in [-0.25, -0.2) is 4.79 Å². The number of aliphatic carboxylic acids is 1. The molecule has 8 aliphatic rings. The first kappa shape index (κ1) is 91.6. The van der Waals surface area contributed by atoms with E-state index in [2.05, 4.69) is 42.5 Å². The first-order valence-electron chi connectivity index (χ1n) is 40.1. The van der Waals surface area contributed by atoms with Gasteiger partial charge >= 0.3 is 5.97 Å². The van der Waals surface area contributed by atoms with Crippen molar-refractivity contribution in [2.45, 2.75) is 207 Å². The number of nitrogens with one attached hydrogen (secondary N) is 8. The maximum atomic E-state index is 16.6. The van der Waals surface area contributed by atoms with Crippen LogP contribution in [-0.2, 0) is 68.6 Å². The number of ether oxygens (including phenoxy) is 8. The third-order valence-corrected chi connectivity index (χ3v) is 23.5. The van der Waals surface area contributed by atoms with E-state index >= 15 is 24.0 Å². The molecule has 3 saturated heterocycles. The van der Waals surface area contributed by atoms with E-state index in [1.807, 2.05) is 38.1 Å². The van der Waals surface area contributed by atoms with Crippen molar-refractivity contribution in [3.05, 3.63) is 171 Å². The first-order valence-corrected chi connectivity index (χ1v) is 40.9. The summed E-state index contributed by atoms with van der Waals surface area (Å²) in [6, 6.07) is 13.7. The second-order valence-electron chi connectivity index (χ2n) is 32.8. The highest BCUT2D eigenvalue weighted by molar-refractivity contribution is 6.32. The van der Waals surface area contributed by atoms with E-state index in [0.717, 1.165) is 65.2 Å². The quantitative estimate of drug-likeness (QED) is 0.0550. The zero-order valence-electron chi connectivity index (χ0n) is 68.4. The van der Waals surface area contributed by atoms with Crippen molar-refractivity contribution in [3.63, 3.8) is 0 Å². The summed E-state index contributed by atoms with van der Waals surface area (Å²) in [5, 5.41) is 147. The average Bonchev–Trinajstić information content (AvgIpc) is 0.762. The van der Waals surface area contributed by atoms with Crippen LogP contribution in [0.1, 0.15) is 131 Å². The van der Waals surface area contributed by atoms with Crippen LogP contribution in [0.4, 0.5) is 0 Å². The minimum Gasteiger partial charge on any atom is -0.508 e. The fourth-order valence-corrected chi connectivity index (χ4v) is 16.6. The molecule has 125 heavy (non-hydrogen) atoms. The molecule has 7 amide bonds. The SMILES string of the molecule is CN[C@H](CC(C)C)C(=O)N[C@H]1C(=O)N[C@@H](CC(N)=O)C(=O)N[C@H]2C(=O)N[C@H]3C(=O)N[C@H](C(=O)N[C@H](C(=O)O)c4cc(O)cc(O)c4-c4cc3ccc4O)[C@H](O[C@H]3C[C@](C)(N)[C@@H](O)[C@H](C)O3)c3ccc(c(Cl)c3)Oc3cc2cc(c3O[C@@H]2O[C@H](CO)[C@@H](O)[C@H](O)[C@H]2O[C@H]2C[C@](C)(NCc3ccc(-c4ccc(O)cc4)cc3)[C@@H](O)[C@H](C)O2)Oc2ccc(cc2Cl)[C@H]1O. The van der Waals surface area contributed by atoms with Crippen molar-refractivity contribution >= 4 is 70.5 Å². The zero-order chi connectivity index (χ0) is 90.3. The van der Waals surface area contributed by atoms with Gasteiger partial charge in [0.05, 0.1) is 53.5 Å². The molecule has 22 atom stereocenters. The lowest BCUT2D eigenvalue weighted by molar-refractivity contribution is -0.334. The molecule has 8 heterocycles. The third kappa shape index (κ3) is 19.9. The Morgan fingerprint density at radius 1 is 0.624 bits per heavy atom. The molecule has 0 spiro atoms. The summed E-state index contributed by atoms with van der Waals surface area (Å²) in [7, 11) is 1.47. The molecule has 37 nitrogen and oxygen atoms in total. The number of hydrogen-bond acceptors (Lipinski definition) is 29. The van der Waals surface area contributed by atoms with Crippen molar-refractivity contribution in [1.29, 1.82) is 0 Å². The number of aromatic hydroxyl groups is 4. The number of benzene rings is 7. The highest BCUT2D eigenvalue weighted by Gasteiger charge is 2.53. The number of phenols is 4. The molecule has 0 saturated carbocycles. The number of phenolic OH excluding ortho intramolecular Hbond substituents is 4. The molecule has 0 aliphatic carbocycles. The van der Waals surface area contributed by atoms with E-state index in [0.29, 0.717) is 0 Å². The second-order valence-corrected chi connectivity index (χ2v) is 33.6. The Balaban J connectivity index is 1.02. The topological polar surface area (TPSA) is 581 Å². The zero-order valence-corrected chi connectivity index (χ0v) is 69.9. The van der Waals surface area contributed by atoms with Crippen molar-refractivity contribution in [1.82, 2.24) is 42.5 Å². The van der Waals surface area contributed by atoms with Gasteiger partial charge in [-0.3, -0.25) is 33.6 Å². The maximum Gasteiger partial charge on any atom is 0.330 e. The van der Waals surface area contributed by atoms with Crippen LogP contribution in [-0.4, -0.2) is 220 Å². The summed E-state index contributed by atoms with van der Waals surface area (Å²) < 4.78 is 52.9. The number of fused-ring (bicyclic) bond motifs is 15. The molecule has 8 aliphatic heterocycles. The summed E-state index contributed by atoms with van der Waals surface area (Å²) in [5.41, 5.74) is 9.41. The van der Waals surface area contributed by atoms with Crippen LogP contribution in [0, 0.1) is 5.92 Å². The van der Waals surface area contributed by atoms with Gasteiger partial charge in [0, 0.05) is 53.2 Å². The van der Waals surface area contributed by atoms with Crippen LogP contribution in [0.2, 0.25) is 10.0 Å². The smallest absolute Gasteiger partial charge is 0.330 e. The van der Waals surface area contributed by atoms with Crippen molar-refractivity contribution in [2.75, 3.05) is 13.7 Å². The Bertz CT molecular complexity index is 5250. The van der Waals surface area contributed by atoms with E-state index in [1.54, 1.807) is 38.1 Å². The molecule has 0 aromatic heterocycles. The third-order valence-electron chi connectivity index (χ3n) is 23.0. The summed E-state index contributed by atoms with van der Waals surface area (Å²) in [4.78, 5) is 121. The summed E-state index contributed by atoms with van der Waals surface area (Å²) in [6.45, 7) is 9.01. The van der Waals surface area contributed by atoms with E-state index in [4.69, 9.17) is 72.6 Å².